The summed E-state index contributed by atoms with van der Waals surface area (Å²) in [4.78, 5) is 12.8. The van der Waals surface area contributed by atoms with Crippen molar-refractivity contribution >= 4 is 38.8 Å². The predicted octanol–water partition coefficient (Wildman–Crippen LogP) is 4.01. The van der Waals surface area contributed by atoms with E-state index >= 15 is 0 Å². The van der Waals surface area contributed by atoms with Crippen LogP contribution in [0.5, 0.6) is 0 Å². The molecule has 2 aromatic heterocycles. The Morgan fingerprint density at radius 2 is 2.00 bits per heavy atom. The average Bonchev–Trinajstić information content (AvgIpc) is 3.43. The molecule has 146 valence electrons. The van der Waals surface area contributed by atoms with Crippen molar-refractivity contribution in [3.05, 3.63) is 54.2 Å². The predicted molar refractivity (Wildman–Crippen MR) is 115 cm³/mol. The number of fused-ring (bicyclic) bond motifs is 1. The van der Waals surface area contributed by atoms with E-state index in [1.807, 2.05) is 42.5 Å². The number of H-pyrrole nitrogens is 1. The van der Waals surface area contributed by atoms with Gasteiger partial charge < -0.3 is 10.6 Å². The Bertz CT molecular complexity index is 1160. The zero-order chi connectivity index (χ0) is 19.6. The number of carbonyl (C=O) groups is 1. The molecule has 3 heterocycles. The SMILES string of the molecule is O=C(c1cccc(-c2nnc(Nc3ccc4[nH]ncc4c3)s2)c1)C1CCNCC1. The lowest BCUT2D eigenvalue weighted by atomic mass is 9.89. The second-order valence-corrected chi connectivity index (χ2v) is 8.16. The molecule has 7 nitrogen and oxygen atoms in total. The molecule has 0 atom stereocenters. The average molecular weight is 404 g/mol. The fourth-order valence-corrected chi connectivity index (χ4v) is 4.42. The number of piperidine rings is 1. The van der Waals surface area contributed by atoms with Gasteiger partial charge in [0.1, 0.15) is 5.01 Å². The molecule has 3 N–H and O–H groups in total. The summed E-state index contributed by atoms with van der Waals surface area (Å²) in [7, 11) is 0. The molecule has 1 aliphatic rings. The van der Waals surface area contributed by atoms with Crippen LogP contribution >= 0.6 is 11.3 Å². The first-order valence-corrected chi connectivity index (χ1v) is 10.5. The minimum atomic E-state index is 0.107. The molecule has 0 amide bonds. The molecule has 1 aliphatic heterocycles. The third-order valence-corrected chi connectivity index (χ3v) is 6.11. The van der Waals surface area contributed by atoms with Crippen molar-refractivity contribution in [1.82, 2.24) is 25.7 Å². The summed E-state index contributed by atoms with van der Waals surface area (Å²) < 4.78 is 0. The van der Waals surface area contributed by atoms with Crippen molar-refractivity contribution in [2.24, 2.45) is 5.92 Å². The van der Waals surface area contributed by atoms with E-state index in [-0.39, 0.29) is 11.7 Å². The number of anilines is 2. The van der Waals surface area contributed by atoms with Gasteiger partial charge in [-0.05, 0) is 50.2 Å². The lowest BCUT2D eigenvalue weighted by Gasteiger charge is -2.21. The zero-order valence-electron chi connectivity index (χ0n) is 15.7. The molecule has 4 aromatic rings. The van der Waals surface area contributed by atoms with E-state index in [9.17, 15) is 4.79 Å². The number of Topliss-reactive ketones (excluding diaryl/α,β-unsaturated/α-hetero) is 1. The maximum atomic E-state index is 12.8. The number of aromatic amines is 1. The molecule has 0 unspecified atom stereocenters. The number of nitrogens with one attached hydrogen (secondary N) is 3. The van der Waals surface area contributed by atoms with Crippen LogP contribution in [0.1, 0.15) is 23.2 Å². The minimum Gasteiger partial charge on any atom is -0.330 e. The lowest BCUT2D eigenvalue weighted by molar-refractivity contribution is 0.0895. The molecule has 0 spiro atoms. The Labute approximate surface area is 171 Å². The summed E-state index contributed by atoms with van der Waals surface area (Å²) in [6, 6.07) is 13.7. The molecule has 0 saturated carbocycles. The number of nitrogens with zero attached hydrogens (tertiary/aromatic N) is 3. The van der Waals surface area contributed by atoms with Crippen molar-refractivity contribution in [2.75, 3.05) is 18.4 Å². The Hall–Kier alpha value is -3.10. The molecule has 1 saturated heterocycles. The Morgan fingerprint density at radius 1 is 1.10 bits per heavy atom. The number of aromatic nitrogens is 4. The van der Waals surface area contributed by atoms with Gasteiger partial charge in [-0.1, -0.05) is 29.5 Å². The Morgan fingerprint density at radius 3 is 2.90 bits per heavy atom. The maximum Gasteiger partial charge on any atom is 0.210 e. The number of hydrogen-bond acceptors (Lipinski definition) is 7. The fourth-order valence-electron chi connectivity index (χ4n) is 3.66. The molecule has 0 bridgehead atoms. The van der Waals surface area contributed by atoms with Gasteiger partial charge >= 0.3 is 0 Å². The molecule has 1 fully saturated rings. The second kappa shape index (κ2) is 7.73. The summed E-state index contributed by atoms with van der Waals surface area (Å²) in [6.45, 7) is 1.82. The van der Waals surface area contributed by atoms with Gasteiger partial charge in [-0.25, -0.2) is 0 Å². The van der Waals surface area contributed by atoms with Crippen LogP contribution in [0.4, 0.5) is 10.8 Å². The van der Waals surface area contributed by atoms with E-state index in [2.05, 4.69) is 31.0 Å². The van der Waals surface area contributed by atoms with Gasteiger partial charge in [-0.15, -0.1) is 10.2 Å². The highest BCUT2D eigenvalue weighted by Gasteiger charge is 2.22. The van der Waals surface area contributed by atoms with E-state index in [1.165, 1.54) is 11.3 Å². The van der Waals surface area contributed by atoms with Crippen molar-refractivity contribution in [3.63, 3.8) is 0 Å². The van der Waals surface area contributed by atoms with Crippen LogP contribution in [-0.2, 0) is 0 Å². The fraction of sp³-hybridized carbons (Fsp3) is 0.238. The number of hydrogen-bond donors (Lipinski definition) is 3. The minimum absolute atomic E-state index is 0.107. The van der Waals surface area contributed by atoms with Crippen molar-refractivity contribution in [3.8, 4) is 10.6 Å². The van der Waals surface area contributed by atoms with Gasteiger partial charge in [0.05, 0.1) is 11.7 Å². The highest BCUT2D eigenvalue weighted by atomic mass is 32.1. The normalized spacial score (nSPS) is 14.9. The number of benzene rings is 2. The highest BCUT2D eigenvalue weighted by Crippen LogP contribution is 2.30. The number of carbonyl (C=O) groups excluding carboxylic acids is 1. The van der Waals surface area contributed by atoms with Gasteiger partial charge in [0.15, 0.2) is 5.78 Å². The summed E-state index contributed by atoms with van der Waals surface area (Å²) in [5, 5.41) is 24.7. The summed E-state index contributed by atoms with van der Waals surface area (Å²) in [5.74, 6) is 0.334. The first kappa shape index (κ1) is 18.0. The van der Waals surface area contributed by atoms with Crippen LogP contribution in [-0.4, -0.2) is 39.3 Å². The molecule has 29 heavy (non-hydrogen) atoms. The van der Waals surface area contributed by atoms with Crippen LogP contribution in [0.25, 0.3) is 21.5 Å². The van der Waals surface area contributed by atoms with Gasteiger partial charge in [-0.3, -0.25) is 9.89 Å². The monoisotopic (exact) mass is 404 g/mol. The smallest absolute Gasteiger partial charge is 0.210 e. The number of rotatable bonds is 5. The molecule has 0 radical (unpaired) electrons. The maximum absolute atomic E-state index is 12.8. The standard InChI is InChI=1S/C21H20N6OS/c28-19(13-6-8-22-9-7-13)14-2-1-3-15(10-14)20-26-27-21(29-20)24-17-4-5-18-16(11-17)12-23-25-18/h1-5,10-13,22H,6-9H2,(H,23,25)(H,24,27). The van der Waals surface area contributed by atoms with E-state index in [1.54, 1.807) is 6.20 Å². The first-order valence-electron chi connectivity index (χ1n) is 9.65. The molecule has 5 rings (SSSR count). The highest BCUT2D eigenvalue weighted by molar-refractivity contribution is 7.18. The molecular formula is C21H20N6OS. The van der Waals surface area contributed by atoms with Crippen LogP contribution in [0.3, 0.4) is 0 Å². The van der Waals surface area contributed by atoms with Crippen LogP contribution in [0, 0.1) is 5.92 Å². The van der Waals surface area contributed by atoms with Gasteiger partial charge in [0, 0.05) is 28.1 Å². The quantitative estimate of drug-likeness (QED) is 0.435. The van der Waals surface area contributed by atoms with Gasteiger partial charge in [-0.2, -0.15) is 5.10 Å². The van der Waals surface area contributed by atoms with E-state index < -0.39 is 0 Å². The van der Waals surface area contributed by atoms with E-state index in [0.717, 1.165) is 58.7 Å². The van der Waals surface area contributed by atoms with E-state index in [4.69, 9.17) is 0 Å². The van der Waals surface area contributed by atoms with Crippen LogP contribution < -0.4 is 10.6 Å². The second-order valence-electron chi connectivity index (χ2n) is 7.18. The largest absolute Gasteiger partial charge is 0.330 e. The Balaban J connectivity index is 1.35. The van der Waals surface area contributed by atoms with Crippen molar-refractivity contribution < 1.29 is 4.79 Å². The summed E-state index contributed by atoms with van der Waals surface area (Å²) in [5.41, 5.74) is 3.59. The van der Waals surface area contributed by atoms with Crippen LogP contribution in [0.15, 0.2) is 48.7 Å². The first-order chi connectivity index (χ1) is 14.3. The van der Waals surface area contributed by atoms with Gasteiger partial charge in [0.25, 0.3) is 0 Å². The van der Waals surface area contributed by atoms with Crippen LogP contribution in [0.2, 0.25) is 0 Å². The van der Waals surface area contributed by atoms with E-state index in [0.29, 0.717) is 5.13 Å². The topological polar surface area (TPSA) is 95.6 Å². The summed E-state index contributed by atoms with van der Waals surface area (Å²) >= 11 is 1.47. The zero-order valence-corrected chi connectivity index (χ0v) is 16.5. The van der Waals surface area contributed by atoms with Crippen molar-refractivity contribution in [2.45, 2.75) is 12.8 Å². The molecule has 0 aliphatic carbocycles. The molecule has 8 heteroatoms. The molecule has 2 aromatic carbocycles. The van der Waals surface area contributed by atoms with Gasteiger partial charge in [0.2, 0.25) is 5.13 Å². The Kier molecular flexibility index (Phi) is 4.79. The number of ketones is 1. The molecular weight excluding hydrogens is 384 g/mol. The summed E-state index contributed by atoms with van der Waals surface area (Å²) in [6.07, 6.45) is 3.59. The van der Waals surface area contributed by atoms with Crippen molar-refractivity contribution in [1.29, 1.82) is 0 Å². The third-order valence-electron chi connectivity index (χ3n) is 5.22. The third kappa shape index (κ3) is 3.76. The lowest BCUT2D eigenvalue weighted by Crippen LogP contribution is -2.31.